The van der Waals surface area contributed by atoms with E-state index in [2.05, 4.69) is 22.3 Å². The molecule has 4 nitrogen and oxygen atoms in total. The quantitative estimate of drug-likeness (QED) is 0.873. The van der Waals surface area contributed by atoms with E-state index in [4.69, 9.17) is 17.3 Å². The Morgan fingerprint density at radius 2 is 1.91 bits per heavy atom. The molecule has 1 aromatic rings. The largest absolute Gasteiger partial charge is 0.354 e. The van der Waals surface area contributed by atoms with Gasteiger partial charge in [-0.15, -0.1) is 0 Å². The fourth-order valence-electron chi connectivity index (χ4n) is 2.97. The molecule has 1 aromatic carbocycles. The van der Waals surface area contributed by atoms with Gasteiger partial charge >= 0.3 is 0 Å². The summed E-state index contributed by atoms with van der Waals surface area (Å²) in [5.41, 5.74) is 6.65. The minimum Gasteiger partial charge on any atom is -0.354 e. The molecule has 0 spiro atoms. The lowest BCUT2D eigenvalue weighted by Gasteiger charge is -2.32. The summed E-state index contributed by atoms with van der Waals surface area (Å²) < 4.78 is 0. The topological polar surface area (TPSA) is 58.4 Å². The van der Waals surface area contributed by atoms with Gasteiger partial charge in [0.2, 0.25) is 5.91 Å². The Bertz CT molecular complexity index is 519. The molecule has 0 atom stereocenters. The van der Waals surface area contributed by atoms with Crippen molar-refractivity contribution in [3.05, 3.63) is 34.9 Å². The molecule has 0 bridgehead atoms. The highest BCUT2D eigenvalue weighted by atomic mass is 35.5. The highest BCUT2D eigenvalue weighted by molar-refractivity contribution is 6.30. The molecule has 0 radical (unpaired) electrons. The van der Waals surface area contributed by atoms with E-state index >= 15 is 0 Å². The average molecular weight is 322 g/mol. The number of likely N-dealkylation sites (tertiary alicyclic amines) is 1. The summed E-state index contributed by atoms with van der Waals surface area (Å²) in [7, 11) is 0. The average Bonchev–Trinajstić information content (AvgIpc) is 3.28. The van der Waals surface area contributed by atoms with Gasteiger partial charge in [0.1, 0.15) is 0 Å². The van der Waals surface area contributed by atoms with Gasteiger partial charge in [0.05, 0.1) is 5.54 Å². The van der Waals surface area contributed by atoms with Crippen molar-refractivity contribution < 1.29 is 4.79 Å². The van der Waals surface area contributed by atoms with Crippen LogP contribution < -0.4 is 11.1 Å². The van der Waals surface area contributed by atoms with E-state index < -0.39 is 5.54 Å². The number of nitrogens with zero attached hydrogens (tertiary/aromatic N) is 1. The van der Waals surface area contributed by atoms with E-state index in [0.29, 0.717) is 5.92 Å². The van der Waals surface area contributed by atoms with E-state index in [1.807, 2.05) is 12.1 Å². The fraction of sp³-hybridized carbons (Fsp3) is 0.588. The Kier molecular flexibility index (Phi) is 4.71. The lowest BCUT2D eigenvalue weighted by Crippen LogP contribution is -2.45. The molecule has 0 unspecified atom stereocenters. The molecule has 1 aliphatic heterocycles. The zero-order valence-corrected chi connectivity index (χ0v) is 13.6. The minimum absolute atomic E-state index is 0.0380. The number of carbonyl (C=O) groups is 1. The van der Waals surface area contributed by atoms with Gasteiger partial charge in [-0.1, -0.05) is 23.7 Å². The maximum atomic E-state index is 11.8. The molecule has 1 heterocycles. The zero-order chi connectivity index (χ0) is 15.6. The molecule has 2 fully saturated rings. The number of hydrogen-bond donors (Lipinski definition) is 2. The highest BCUT2D eigenvalue weighted by Crippen LogP contribution is 2.32. The molecule has 5 heteroatoms. The highest BCUT2D eigenvalue weighted by Gasteiger charge is 2.45. The third-order valence-electron chi connectivity index (χ3n) is 4.82. The van der Waals surface area contributed by atoms with Gasteiger partial charge in [-0.25, -0.2) is 0 Å². The monoisotopic (exact) mass is 321 g/mol. The predicted molar refractivity (Wildman–Crippen MR) is 88.6 cm³/mol. The molecule has 120 valence electrons. The van der Waals surface area contributed by atoms with Crippen LogP contribution in [0, 0.1) is 5.92 Å². The van der Waals surface area contributed by atoms with Crippen LogP contribution in [0.5, 0.6) is 0 Å². The van der Waals surface area contributed by atoms with Gasteiger partial charge in [-0.3, -0.25) is 9.69 Å². The van der Waals surface area contributed by atoms with Crippen molar-refractivity contribution in [2.24, 2.45) is 11.7 Å². The Labute approximate surface area is 137 Å². The maximum Gasteiger partial charge on any atom is 0.240 e. The molecule has 1 saturated heterocycles. The number of halogens is 1. The van der Waals surface area contributed by atoms with E-state index in [-0.39, 0.29) is 5.91 Å². The summed E-state index contributed by atoms with van der Waals surface area (Å²) in [6.07, 6.45) is 3.92. The molecule has 1 aliphatic carbocycles. The molecular weight excluding hydrogens is 298 g/mol. The van der Waals surface area contributed by atoms with Crippen LogP contribution in [0.1, 0.15) is 31.2 Å². The number of rotatable bonds is 5. The lowest BCUT2D eigenvalue weighted by molar-refractivity contribution is -0.123. The zero-order valence-electron chi connectivity index (χ0n) is 12.9. The van der Waals surface area contributed by atoms with Gasteiger partial charge in [0.25, 0.3) is 0 Å². The summed E-state index contributed by atoms with van der Waals surface area (Å²) in [4.78, 5) is 14.3. The second kappa shape index (κ2) is 6.57. The number of amides is 1. The SMILES string of the molecule is NC1(C(=O)NCC2CCN(Cc3ccc(Cl)cc3)CC2)CC1. The summed E-state index contributed by atoms with van der Waals surface area (Å²) in [5, 5.41) is 3.81. The van der Waals surface area contributed by atoms with Crippen LogP contribution >= 0.6 is 11.6 Å². The normalized spacial score (nSPS) is 21.5. The summed E-state index contributed by atoms with van der Waals surface area (Å²) in [5.74, 6) is 0.615. The van der Waals surface area contributed by atoms with Crippen molar-refractivity contribution in [3.8, 4) is 0 Å². The fourth-order valence-corrected chi connectivity index (χ4v) is 3.10. The number of nitrogens with two attached hydrogens (primary N) is 1. The van der Waals surface area contributed by atoms with Gasteiger partial charge in [0, 0.05) is 18.1 Å². The Balaban J connectivity index is 1.38. The van der Waals surface area contributed by atoms with Gasteiger partial charge in [-0.05, 0) is 62.4 Å². The molecular formula is C17H24ClN3O. The van der Waals surface area contributed by atoms with Crippen LogP contribution in [-0.2, 0) is 11.3 Å². The number of hydrogen-bond acceptors (Lipinski definition) is 3. The van der Waals surface area contributed by atoms with Crippen molar-refractivity contribution in [1.29, 1.82) is 0 Å². The van der Waals surface area contributed by atoms with E-state index in [9.17, 15) is 4.79 Å². The van der Waals surface area contributed by atoms with Crippen LogP contribution in [0.4, 0.5) is 0 Å². The molecule has 22 heavy (non-hydrogen) atoms. The van der Waals surface area contributed by atoms with Gasteiger partial charge in [-0.2, -0.15) is 0 Å². The van der Waals surface area contributed by atoms with E-state index in [1.165, 1.54) is 5.56 Å². The van der Waals surface area contributed by atoms with Crippen LogP contribution in [0.25, 0.3) is 0 Å². The molecule has 3 rings (SSSR count). The maximum absolute atomic E-state index is 11.8. The first-order valence-electron chi connectivity index (χ1n) is 8.09. The molecule has 1 amide bonds. The first kappa shape index (κ1) is 15.8. The third-order valence-corrected chi connectivity index (χ3v) is 5.07. The van der Waals surface area contributed by atoms with Crippen molar-refractivity contribution in [2.75, 3.05) is 19.6 Å². The Morgan fingerprint density at radius 1 is 1.27 bits per heavy atom. The van der Waals surface area contributed by atoms with E-state index in [0.717, 1.165) is 56.9 Å². The minimum atomic E-state index is -0.546. The molecule has 1 saturated carbocycles. The van der Waals surface area contributed by atoms with Gasteiger partial charge in [0.15, 0.2) is 0 Å². The van der Waals surface area contributed by atoms with E-state index in [1.54, 1.807) is 0 Å². The summed E-state index contributed by atoms with van der Waals surface area (Å²) >= 11 is 5.91. The van der Waals surface area contributed by atoms with Crippen molar-refractivity contribution in [2.45, 2.75) is 37.8 Å². The third kappa shape index (κ3) is 4.00. The van der Waals surface area contributed by atoms with Crippen molar-refractivity contribution in [1.82, 2.24) is 10.2 Å². The predicted octanol–water partition coefficient (Wildman–Crippen LogP) is 2.16. The first-order chi connectivity index (χ1) is 10.5. The molecule has 3 N–H and O–H groups in total. The smallest absolute Gasteiger partial charge is 0.240 e. The Hall–Kier alpha value is -1.10. The standard InChI is InChI=1S/C17H24ClN3O/c18-15-3-1-14(2-4-15)12-21-9-5-13(6-10-21)11-20-16(22)17(19)7-8-17/h1-4,13H,5-12,19H2,(H,20,22). The van der Waals surface area contributed by atoms with Crippen LogP contribution in [0.3, 0.4) is 0 Å². The number of piperidine rings is 1. The second-order valence-electron chi connectivity index (χ2n) is 6.71. The molecule has 0 aromatic heterocycles. The van der Waals surface area contributed by atoms with Crippen LogP contribution in [0.2, 0.25) is 5.02 Å². The lowest BCUT2D eigenvalue weighted by atomic mass is 9.96. The second-order valence-corrected chi connectivity index (χ2v) is 7.15. The molecule has 2 aliphatic rings. The summed E-state index contributed by atoms with van der Waals surface area (Å²) in [6.45, 7) is 3.91. The van der Waals surface area contributed by atoms with Crippen molar-refractivity contribution >= 4 is 17.5 Å². The van der Waals surface area contributed by atoms with Crippen molar-refractivity contribution in [3.63, 3.8) is 0 Å². The number of carbonyl (C=O) groups excluding carboxylic acids is 1. The van der Waals surface area contributed by atoms with Crippen LogP contribution in [-0.4, -0.2) is 36.0 Å². The summed E-state index contributed by atoms with van der Waals surface area (Å²) in [6, 6.07) is 8.06. The van der Waals surface area contributed by atoms with Crippen LogP contribution in [0.15, 0.2) is 24.3 Å². The number of benzene rings is 1. The Morgan fingerprint density at radius 3 is 2.50 bits per heavy atom. The first-order valence-corrected chi connectivity index (χ1v) is 8.47. The number of nitrogens with one attached hydrogen (secondary N) is 1. The van der Waals surface area contributed by atoms with Gasteiger partial charge < -0.3 is 11.1 Å².